The minimum Gasteiger partial charge on any atom is -0.336 e. The van der Waals surface area contributed by atoms with Gasteiger partial charge in [0.25, 0.3) is 0 Å². The summed E-state index contributed by atoms with van der Waals surface area (Å²) in [6.07, 6.45) is 2.38. The summed E-state index contributed by atoms with van der Waals surface area (Å²) in [4.78, 5) is 14.4. The lowest BCUT2D eigenvalue weighted by Gasteiger charge is -2.35. The number of carbonyl (C=O) groups excluding carboxylic acids is 1. The highest BCUT2D eigenvalue weighted by Crippen LogP contribution is 2.61. The van der Waals surface area contributed by atoms with Gasteiger partial charge in [0.15, 0.2) is 0 Å². The molecule has 1 aliphatic heterocycles. The van der Waals surface area contributed by atoms with Crippen molar-refractivity contribution in [2.45, 2.75) is 86.0 Å². The molecule has 1 atom stereocenters. The summed E-state index contributed by atoms with van der Waals surface area (Å²) in [7, 11) is -4.09. The number of amides is 1. The second kappa shape index (κ2) is 8.76. The number of anilines is 1. The molecule has 0 radical (unpaired) electrons. The first-order valence-corrected chi connectivity index (χ1v) is 14.3. The molecule has 2 heterocycles. The van der Waals surface area contributed by atoms with Crippen LogP contribution in [0, 0.1) is 11.3 Å². The Morgan fingerprint density at radius 1 is 1.18 bits per heavy atom. The van der Waals surface area contributed by atoms with E-state index in [0.717, 1.165) is 49.9 Å². The van der Waals surface area contributed by atoms with E-state index >= 15 is 0 Å². The second-order valence-electron chi connectivity index (χ2n) is 10.7. The number of aromatic nitrogens is 2. The fourth-order valence-corrected chi connectivity index (χ4v) is 6.79. The molecule has 3 fully saturated rings. The average Bonchev–Trinajstić information content (AvgIpc) is 3.75. The Labute approximate surface area is 219 Å². The van der Waals surface area contributed by atoms with E-state index in [0.29, 0.717) is 24.6 Å². The Kier molecular flexibility index (Phi) is 5.83. The van der Waals surface area contributed by atoms with Crippen LogP contribution in [-0.4, -0.2) is 36.4 Å². The normalized spacial score (nSPS) is 23.4. The van der Waals surface area contributed by atoms with Crippen molar-refractivity contribution < 1.29 is 27.1 Å². The number of hydrogen-bond donors (Lipinski definition) is 3. The van der Waals surface area contributed by atoms with Gasteiger partial charge in [0.1, 0.15) is 17.4 Å². The lowest BCUT2D eigenvalue weighted by molar-refractivity contribution is -0.140. The molecule has 1 amide bonds. The molecule has 6 rings (SSSR count). The zero-order valence-corrected chi connectivity index (χ0v) is 21.3. The molecule has 4 aliphatic rings. The van der Waals surface area contributed by atoms with Crippen LogP contribution in [0.4, 0.5) is 19.0 Å². The third-order valence-corrected chi connectivity index (χ3v) is 9.90. The number of rotatable bonds is 7. The molecule has 1 aromatic carbocycles. The maximum atomic E-state index is 13.8. The molecule has 0 unspecified atom stereocenters. The topological polar surface area (TPSA) is 114 Å². The first-order chi connectivity index (χ1) is 18.0. The maximum absolute atomic E-state index is 13.8. The number of nitrogens with zero attached hydrogens (tertiary/aromatic N) is 4. The van der Waals surface area contributed by atoms with Crippen LogP contribution in [-0.2, 0) is 11.0 Å². The molecule has 3 saturated carbocycles. The van der Waals surface area contributed by atoms with Crippen LogP contribution in [0.2, 0.25) is 0 Å². The number of nitriles is 1. The summed E-state index contributed by atoms with van der Waals surface area (Å²) < 4.78 is 65.7. The zero-order valence-electron chi connectivity index (χ0n) is 20.5. The van der Waals surface area contributed by atoms with Crippen molar-refractivity contribution in [3.05, 3.63) is 52.7 Å². The van der Waals surface area contributed by atoms with E-state index in [1.54, 1.807) is 4.90 Å². The standard InChI is InChI=1S/C26H28F3N5O3S/c27-26(28,29)19-6-1-2-7-22(19)38(36,37)18-12-21(24(35)31-25(15-30)10-11-25)33(14-18)23-13-20(16-8-9-16)32-34(23)17-4-3-5-17/h1-2,6-7,13-14,16-17,21,36-37H,3-5,8-12H2,(H,31,35)/t21-/m0/s1. The van der Waals surface area contributed by atoms with Crippen LogP contribution in [0.25, 0.3) is 0 Å². The van der Waals surface area contributed by atoms with Crippen LogP contribution in [0.3, 0.4) is 0 Å². The Morgan fingerprint density at radius 3 is 2.47 bits per heavy atom. The molecular formula is C26H28F3N5O3S. The number of carbonyl (C=O) groups is 1. The summed E-state index contributed by atoms with van der Waals surface area (Å²) in [6.45, 7) is 0. The molecule has 38 heavy (non-hydrogen) atoms. The number of benzene rings is 1. The van der Waals surface area contributed by atoms with Gasteiger partial charge in [0.2, 0.25) is 5.91 Å². The Balaban J connectivity index is 1.42. The Hall–Kier alpha value is -3.01. The number of halogens is 3. The number of hydrogen-bond acceptors (Lipinski definition) is 6. The highest BCUT2D eigenvalue weighted by Gasteiger charge is 2.49. The predicted molar refractivity (Wildman–Crippen MR) is 134 cm³/mol. The van der Waals surface area contributed by atoms with E-state index in [9.17, 15) is 32.3 Å². The summed E-state index contributed by atoms with van der Waals surface area (Å²) in [5.74, 6) is 0.456. The van der Waals surface area contributed by atoms with Crippen molar-refractivity contribution in [1.29, 1.82) is 5.26 Å². The molecular weight excluding hydrogens is 519 g/mol. The Morgan fingerprint density at radius 2 is 1.89 bits per heavy atom. The van der Waals surface area contributed by atoms with E-state index in [-0.39, 0.29) is 17.4 Å². The lowest BCUT2D eigenvalue weighted by atomic mass is 9.93. The van der Waals surface area contributed by atoms with E-state index in [1.807, 2.05) is 10.7 Å². The highest BCUT2D eigenvalue weighted by molar-refractivity contribution is 8.27. The van der Waals surface area contributed by atoms with Gasteiger partial charge in [-0.15, -0.1) is 10.6 Å². The molecule has 1 aromatic heterocycles. The maximum Gasteiger partial charge on any atom is 0.418 e. The molecule has 3 aliphatic carbocycles. The fourth-order valence-electron chi connectivity index (χ4n) is 5.09. The molecule has 0 spiro atoms. The lowest BCUT2D eigenvalue weighted by Crippen LogP contribution is -2.48. The summed E-state index contributed by atoms with van der Waals surface area (Å²) >= 11 is 0. The molecule has 3 N–H and O–H groups in total. The van der Waals surface area contributed by atoms with Gasteiger partial charge >= 0.3 is 6.18 Å². The quantitative estimate of drug-likeness (QED) is 0.397. The van der Waals surface area contributed by atoms with E-state index in [4.69, 9.17) is 5.10 Å². The van der Waals surface area contributed by atoms with Gasteiger partial charge in [-0.1, -0.05) is 12.1 Å². The van der Waals surface area contributed by atoms with Gasteiger partial charge in [-0.2, -0.15) is 23.5 Å². The largest absolute Gasteiger partial charge is 0.418 e. The molecule has 2 aromatic rings. The summed E-state index contributed by atoms with van der Waals surface area (Å²) in [6, 6.07) is 7.60. The third kappa shape index (κ3) is 4.36. The minimum atomic E-state index is -4.79. The fraction of sp³-hybridized carbons (Fsp3) is 0.500. The minimum absolute atomic E-state index is 0.0644. The predicted octanol–water partition coefficient (Wildman–Crippen LogP) is 5.91. The molecule has 0 saturated heterocycles. The van der Waals surface area contributed by atoms with Crippen molar-refractivity contribution in [3.63, 3.8) is 0 Å². The average molecular weight is 548 g/mol. The van der Waals surface area contributed by atoms with Gasteiger partial charge in [0, 0.05) is 24.6 Å². The van der Waals surface area contributed by atoms with Gasteiger partial charge in [-0.25, -0.2) is 4.68 Å². The summed E-state index contributed by atoms with van der Waals surface area (Å²) in [5, 5.41) is 17.1. The van der Waals surface area contributed by atoms with Crippen LogP contribution < -0.4 is 10.2 Å². The smallest absolute Gasteiger partial charge is 0.336 e. The van der Waals surface area contributed by atoms with Crippen molar-refractivity contribution in [3.8, 4) is 6.07 Å². The van der Waals surface area contributed by atoms with Crippen LogP contribution in [0.1, 0.15) is 74.6 Å². The van der Waals surface area contributed by atoms with Crippen LogP contribution >= 0.6 is 10.6 Å². The van der Waals surface area contributed by atoms with Gasteiger partial charge in [-0.3, -0.25) is 13.9 Å². The zero-order chi connectivity index (χ0) is 26.9. The van der Waals surface area contributed by atoms with Crippen molar-refractivity contribution in [2.75, 3.05) is 4.90 Å². The van der Waals surface area contributed by atoms with Crippen LogP contribution in [0.5, 0.6) is 0 Å². The summed E-state index contributed by atoms with van der Waals surface area (Å²) in [5.41, 5.74) is -1.18. The first-order valence-electron chi connectivity index (χ1n) is 12.8. The molecule has 12 heteroatoms. The van der Waals surface area contributed by atoms with Crippen molar-refractivity contribution >= 4 is 22.3 Å². The SMILES string of the molecule is N#CC1(NC(=O)[C@@H]2CC(S(O)(O)c3ccccc3C(F)(F)F)=CN2c2cc(C3CC3)nn2C2CCC2)CC1. The van der Waals surface area contributed by atoms with Crippen molar-refractivity contribution in [1.82, 2.24) is 15.1 Å². The third-order valence-electron chi connectivity index (χ3n) is 7.92. The van der Waals surface area contributed by atoms with Gasteiger partial charge < -0.3 is 10.2 Å². The van der Waals surface area contributed by atoms with E-state index < -0.39 is 44.7 Å². The van der Waals surface area contributed by atoms with Crippen molar-refractivity contribution in [2.24, 2.45) is 0 Å². The van der Waals surface area contributed by atoms with E-state index in [1.165, 1.54) is 18.3 Å². The first kappa shape index (κ1) is 25.3. The van der Waals surface area contributed by atoms with E-state index in [2.05, 4.69) is 11.4 Å². The molecule has 8 nitrogen and oxygen atoms in total. The highest BCUT2D eigenvalue weighted by atomic mass is 32.3. The molecule has 0 bridgehead atoms. The van der Waals surface area contributed by atoms with Crippen LogP contribution in [0.15, 0.2) is 46.3 Å². The van der Waals surface area contributed by atoms with Gasteiger partial charge in [0.05, 0.1) is 33.2 Å². The number of alkyl halides is 3. The second-order valence-corrected chi connectivity index (χ2v) is 12.7. The van der Waals surface area contributed by atoms with Gasteiger partial charge in [-0.05, 0) is 57.1 Å². The molecule has 202 valence electrons. The Bertz CT molecular complexity index is 1350. The number of nitrogens with one attached hydrogen (secondary N) is 1. The monoisotopic (exact) mass is 547 g/mol.